The number of rotatable bonds is 6. The summed E-state index contributed by atoms with van der Waals surface area (Å²) < 4.78 is 5.90. The fourth-order valence-electron chi connectivity index (χ4n) is 2.54. The molecular weight excluding hydrogens is 280 g/mol. The van der Waals surface area contributed by atoms with Crippen LogP contribution in [0.25, 0.3) is 0 Å². The zero-order chi connectivity index (χ0) is 15.2. The van der Waals surface area contributed by atoms with Crippen LogP contribution in [0.3, 0.4) is 0 Å². The van der Waals surface area contributed by atoms with Gasteiger partial charge in [0.05, 0.1) is 12.7 Å². The molecule has 1 aliphatic rings. The van der Waals surface area contributed by atoms with Gasteiger partial charge in [-0.1, -0.05) is 12.1 Å². The summed E-state index contributed by atoms with van der Waals surface area (Å²) >= 11 is 1.90. The molecule has 1 N–H and O–H groups in total. The van der Waals surface area contributed by atoms with Crippen molar-refractivity contribution in [1.29, 1.82) is 0 Å². The molecule has 0 spiro atoms. The predicted octanol–water partition coefficient (Wildman–Crippen LogP) is 3.17. The number of nitrogens with zero attached hydrogens (tertiary/aromatic N) is 1. The fraction of sp³-hybridized carbons (Fsp3) is 0.647. The van der Waals surface area contributed by atoms with Crippen LogP contribution < -0.4 is 5.32 Å². The summed E-state index contributed by atoms with van der Waals surface area (Å²) in [6, 6.07) is 9.82. The van der Waals surface area contributed by atoms with Gasteiger partial charge in [-0.3, -0.25) is 4.90 Å². The van der Waals surface area contributed by atoms with Gasteiger partial charge in [-0.2, -0.15) is 0 Å². The van der Waals surface area contributed by atoms with Crippen molar-refractivity contribution in [2.45, 2.75) is 43.9 Å². The molecule has 1 fully saturated rings. The summed E-state index contributed by atoms with van der Waals surface area (Å²) in [4.78, 5) is 3.84. The van der Waals surface area contributed by atoms with Gasteiger partial charge >= 0.3 is 0 Å². The molecule has 1 saturated heterocycles. The summed E-state index contributed by atoms with van der Waals surface area (Å²) in [5.74, 6) is 1.03. The third kappa shape index (κ3) is 4.99. The Balaban J connectivity index is 1.88. The Morgan fingerprint density at radius 3 is 2.90 bits per heavy atom. The Kier molecular flexibility index (Phi) is 6.55. The highest BCUT2D eigenvalue weighted by Crippen LogP contribution is 2.24. The molecule has 1 aliphatic heterocycles. The number of nitrogens with one attached hydrogen (secondary N) is 1. The first-order valence-electron chi connectivity index (χ1n) is 7.86. The summed E-state index contributed by atoms with van der Waals surface area (Å²) in [6.45, 7) is 9.69. The Hall–Kier alpha value is -0.550. The lowest BCUT2D eigenvalue weighted by molar-refractivity contribution is -0.0265. The first-order chi connectivity index (χ1) is 10.1. The largest absolute Gasteiger partial charge is 0.375 e. The van der Waals surface area contributed by atoms with E-state index in [2.05, 4.69) is 55.3 Å². The van der Waals surface area contributed by atoms with Crippen LogP contribution in [0.2, 0.25) is 0 Å². The monoisotopic (exact) mass is 308 g/mol. The molecule has 1 heterocycles. The van der Waals surface area contributed by atoms with Gasteiger partial charge in [-0.15, -0.1) is 11.8 Å². The van der Waals surface area contributed by atoms with Gasteiger partial charge in [0.1, 0.15) is 0 Å². The van der Waals surface area contributed by atoms with Crippen molar-refractivity contribution in [3.05, 3.63) is 29.8 Å². The van der Waals surface area contributed by atoms with Crippen molar-refractivity contribution in [1.82, 2.24) is 10.2 Å². The van der Waals surface area contributed by atoms with Gasteiger partial charge in [0.15, 0.2) is 0 Å². The van der Waals surface area contributed by atoms with Gasteiger partial charge < -0.3 is 10.1 Å². The Bertz CT molecular complexity index is 439. The summed E-state index contributed by atoms with van der Waals surface area (Å²) in [5.41, 5.74) is 1.34. The minimum Gasteiger partial charge on any atom is -0.375 e. The second kappa shape index (κ2) is 8.18. The van der Waals surface area contributed by atoms with Crippen molar-refractivity contribution in [3.63, 3.8) is 0 Å². The molecule has 0 amide bonds. The van der Waals surface area contributed by atoms with E-state index >= 15 is 0 Å². The summed E-state index contributed by atoms with van der Waals surface area (Å²) in [7, 11) is 2.00. The standard InChI is InChI=1S/C17H28N2OS/c1-13(2)19-8-9-20-16(11-19)12-21-17-7-5-6-15(10-17)14(3)18-4/h5-7,10,13-14,16,18H,8-9,11-12H2,1-4H3. The maximum Gasteiger partial charge on any atom is 0.0796 e. The molecule has 1 aromatic rings. The van der Waals surface area contributed by atoms with Crippen LogP contribution in [0.15, 0.2) is 29.2 Å². The van der Waals surface area contributed by atoms with E-state index in [-0.39, 0.29) is 0 Å². The van der Waals surface area contributed by atoms with E-state index in [4.69, 9.17) is 4.74 Å². The second-order valence-corrected chi connectivity index (χ2v) is 7.07. The maximum absolute atomic E-state index is 5.90. The smallest absolute Gasteiger partial charge is 0.0796 e. The third-order valence-corrected chi connectivity index (χ3v) is 5.25. The number of benzene rings is 1. The molecule has 0 aromatic heterocycles. The first-order valence-corrected chi connectivity index (χ1v) is 8.84. The van der Waals surface area contributed by atoms with Crippen molar-refractivity contribution < 1.29 is 4.74 Å². The van der Waals surface area contributed by atoms with Crippen LogP contribution in [-0.4, -0.2) is 49.5 Å². The van der Waals surface area contributed by atoms with Crippen LogP contribution in [0, 0.1) is 0 Å². The minimum absolute atomic E-state index is 0.344. The number of hydrogen-bond acceptors (Lipinski definition) is 4. The molecule has 118 valence electrons. The quantitative estimate of drug-likeness (QED) is 0.816. The van der Waals surface area contributed by atoms with E-state index in [1.807, 2.05) is 18.8 Å². The number of thioether (sulfide) groups is 1. The van der Waals surface area contributed by atoms with Crippen LogP contribution in [0.4, 0.5) is 0 Å². The normalized spacial score (nSPS) is 21.7. The average molecular weight is 308 g/mol. The van der Waals surface area contributed by atoms with Crippen LogP contribution in [0.1, 0.15) is 32.4 Å². The highest BCUT2D eigenvalue weighted by Gasteiger charge is 2.22. The zero-order valence-electron chi connectivity index (χ0n) is 13.6. The zero-order valence-corrected chi connectivity index (χ0v) is 14.5. The highest BCUT2D eigenvalue weighted by atomic mass is 32.2. The molecule has 0 bridgehead atoms. The Morgan fingerprint density at radius 2 is 2.19 bits per heavy atom. The van der Waals surface area contributed by atoms with Gasteiger partial charge in [-0.25, -0.2) is 0 Å². The molecule has 2 atom stereocenters. The molecule has 2 unspecified atom stereocenters. The van der Waals surface area contributed by atoms with Crippen LogP contribution >= 0.6 is 11.8 Å². The second-order valence-electron chi connectivity index (χ2n) is 5.98. The molecule has 2 rings (SSSR count). The number of morpholine rings is 1. The predicted molar refractivity (Wildman–Crippen MR) is 91.1 cm³/mol. The SMILES string of the molecule is CNC(C)c1cccc(SCC2CN(C(C)C)CCO2)c1. The Labute approximate surface area is 133 Å². The third-order valence-electron chi connectivity index (χ3n) is 4.13. The number of hydrogen-bond donors (Lipinski definition) is 1. The first kappa shape index (κ1) is 16.8. The van der Waals surface area contributed by atoms with Gasteiger partial charge in [0.2, 0.25) is 0 Å². The van der Waals surface area contributed by atoms with Crippen molar-refractivity contribution in [2.75, 3.05) is 32.5 Å². The highest BCUT2D eigenvalue weighted by molar-refractivity contribution is 7.99. The van der Waals surface area contributed by atoms with Crippen molar-refractivity contribution in [3.8, 4) is 0 Å². The van der Waals surface area contributed by atoms with Gasteiger partial charge in [0.25, 0.3) is 0 Å². The van der Waals surface area contributed by atoms with E-state index in [1.165, 1.54) is 10.5 Å². The van der Waals surface area contributed by atoms with E-state index in [0.717, 1.165) is 25.4 Å². The lowest BCUT2D eigenvalue weighted by Gasteiger charge is -2.35. The molecule has 0 aliphatic carbocycles. The maximum atomic E-state index is 5.90. The molecule has 3 nitrogen and oxygen atoms in total. The number of ether oxygens (including phenoxy) is 1. The summed E-state index contributed by atoms with van der Waals surface area (Å²) in [6.07, 6.45) is 0.344. The fourth-order valence-corrected chi connectivity index (χ4v) is 3.52. The molecule has 1 aromatic carbocycles. The molecule has 21 heavy (non-hydrogen) atoms. The molecule has 0 radical (unpaired) electrons. The van der Waals surface area contributed by atoms with Crippen molar-refractivity contribution >= 4 is 11.8 Å². The van der Waals surface area contributed by atoms with E-state index in [1.54, 1.807) is 0 Å². The lowest BCUT2D eigenvalue weighted by Crippen LogP contribution is -2.46. The molecule has 4 heteroatoms. The molecule has 0 saturated carbocycles. The van der Waals surface area contributed by atoms with Crippen LogP contribution in [0.5, 0.6) is 0 Å². The van der Waals surface area contributed by atoms with Crippen LogP contribution in [-0.2, 0) is 4.74 Å². The lowest BCUT2D eigenvalue weighted by atomic mass is 10.1. The van der Waals surface area contributed by atoms with E-state index in [9.17, 15) is 0 Å². The van der Waals surface area contributed by atoms with E-state index in [0.29, 0.717) is 18.2 Å². The van der Waals surface area contributed by atoms with Crippen molar-refractivity contribution in [2.24, 2.45) is 0 Å². The summed E-state index contributed by atoms with van der Waals surface area (Å²) in [5, 5.41) is 3.29. The van der Waals surface area contributed by atoms with Gasteiger partial charge in [0, 0.05) is 35.8 Å². The Morgan fingerprint density at radius 1 is 1.38 bits per heavy atom. The van der Waals surface area contributed by atoms with Gasteiger partial charge in [-0.05, 0) is 45.5 Å². The topological polar surface area (TPSA) is 24.5 Å². The average Bonchev–Trinajstić information content (AvgIpc) is 2.52. The van der Waals surface area contributed by atoms with E-state index < -0.39 is 0 Å². The molecular formula is C17H28N2OS. The minimum atomic E-state index is 0.344.